The highest BCUT2D eigenvalue weighted by atomic mass is 16.7. The van der Waals surface area contributed by atoms with Crippen LogP contribution in [-0.2, 0) is 0 Å². The summed E-state index contributed by atoms with van der Waals surface area (Å²) in [6, 6.07) is 14.9. The lowest BCUT2D eigenvalue weighted by Gasteiger charge is -2.21. The van der Waals surface area contributed by atoms with Crippen molar-refractivity contribution in [3.05, 3.63) is 48.5 Å². The number of benzene rings is 2. The Morgan fingerprint density at radius 2 is 1.04 bits per heavy atom. The highest BCUT2D eigenvalue weighted by Gasteiger charge is 2.12. The Hall–Kier alpha value is -2.36. The topological polar surface area (TPSA) is 70.5 Å². The number of nitrogens with two attached hydrogens (primary N) is 2. The zero-order valence-electron chi connectivity index (χ0n) is 16.5. The predicted molar refractivity (Wildman–Crippen MR) is 114 cm³/mol. The van der Waals surface area contributed by atoms with Gasteiger partial charge in [0.1, 0.15) is 11.5 Å². The largest absolute Gasteiger partial charge is 0.455 e. The molecule has 2 rings (SSSR count). The summed E-state index contributed by atoms with van der Waals surface area (Å²) in [5, 5.41) is 0. The number of hydrogen-bond acceptors (Lipinski definition) is 4. The summed E-state index contributed by atoms with van der Waals surface area (Å²) in [5.74, 6) is 1.54. The number of rotatable bonds is 13. The number of ether oxygens (including phenoxy) is 2. The number of unbranched alkanes of at least 4 members (excludes halogenated alkanes) is 7. The van der Waals surface area contributed by atoms with Crippen LogP contribution in [0, 0.1) is 0 Å². The van der Waals surface area contributed by atoms with Gasteiger partial charge >= 0.3 is 0 Å². The van der Waals surface area contributed by atoms with Gasteiger partial charge in [-0.15, -0.1) is 0 Å². The lowest BCUT2D eigenvalue weighted by Crippen LogP contribution is -2.24. The van der Waals surface area contributed by atoms with Gasteiger partial charge in [-0.25, -0.2) is 0 Å². The molecular weight excluding hydrogens is 336 g/mol. The summed E-state index contributed by atoms with van der Waals surface area (Å²) >= 11 is 0. The fourth-order valence-corrected chi connectivity index (χ4v) is 2.98. The van der Waals surface area contributed by atoms with Crippen LogP contribution in [0.25, 0.3) is 0 Å². The minimum Gasteiger partial charge on any atom is -0.455 e. The van der Waals surface area contributed by atoms with Crippen molar-refractivity contribution in [2.24, 2.45) is 0 Å². The van der Waals surface area contributed by atoms with E-state index in [0.29, 0.717) is 0 Å². The fraction of sp³-hybridized carbons (Fsp3) is 0.478. The third kappa shape index (κ3) is 8.72. The van der Waals surface area contributed by atoms with Crippen LogP contribution < -0.4 is 20.9 Å². The molecule has 0 aliphatic heterocycles. The maximum absolute atomic E-state index is 6.05. The van der Waals surface area contributed by atoms with Gasteiger partial charge in [-0.1, -0.05) is 51.9 Å². The maximum atomic E-state index is 6.05. The van der Waals surface area contributed by atoms with Crippen LogP contribution in [0.1, 0.15) is 64.7 Å². The highest BCUT2D eigenvalue weighted by molar-refractivity contribution is 5.42. The van der Waals surface area contributed by atoms with Crippen molar-refractivity contribution in [1.82, 2.24) is 0 Å². The van der Waals surface area contributed by atoms with Gasteiger partial charge in [-0.2, -0.15) is 0 Å². The third-order valence-corrected chi connectivity index (χ3v) is 4.59. The van der Waals surface area contributed by atoms with Gasteiger partial charge in [0, 0.05) is 17.8 Å². The average molecular weight is 371 g/mol. The lowest BCUT2D eigenvalue weighted by atomic mass is 10.1. The number of nitrogen functional groups attached to an aromatic ring is 2. The predicted octanol–water partition coefficient (Wildman–Crippen LogP) is 6.17. The van der Waals surface area contributed by atoms with Gasteiger partial charge in [0.25, 0.3) is 0 Å². The second-order valence-corrected chi connectivity index (χ2v) is 7.07. The molecule has 0 heterocycles. The first-order valence-electron chi connectivity index (χ1n) is 10.2. The monoisotopic (exact) mass is 370 g/mol. The van der Waals surface area contributed by atoms with E-state index in [0.717, 1.165) is 35.7 Å². The fourth-order valence-electron chi connectivity index (χ4n) is 2.98. The summed E-state index contributed by atoms with van der Waals surface area (Å²) in [6.45, 7) is 2.25. The summed E-state index contributed by atoms with van der Waals surface area (Å²) in [5.41, 5.74) is 13.0. The van der Waals surface area contributed by atoms with Gasteiger partial charge in [-0.3, -0.25) is 0 Å². The molecule has 2 aromatic rings. The SMILES string of the molecule is CCCCCCCCCCC(Oc1ccc(N)cc1)Oc1ccc(N)cc1. The molecule has 2 aromatic carbocycles. The van der Waals surface area contributed by atoms with Crippen LogP contribution in [-0.4, -0.2) is 6.29 Å². The Labute approximate surface area is 163 Å². The summed E-state index contributed by atoms with van der Waals surface area (Å²) in [4.78, 5) is 0. The van der Waals surface area contributed by atoms with Crippen molar-refractivity contribution in [1.29, 1.82) is 0 Å². The number of anilines is 2. The third-order valence-electron chi connectivity index (χ3n) is 4.59. The number of hydrogen-bond donors (Lipinski definition) is 2. The Balaban J connectivity index is 1.81. The van der Waals surface area contributed by atoms with Gasteiger partial charge < -0.3 is 20.9 Å². The van der Waals surface area contributed by atoms with E-state index in [1.807, 2.05) is 48.5 Å². The van der Waals surface area contributed by atoms with Gasteiger partial charge in [-0.05, 0) is 55.0 Å². The van der Waals surface area contributed by atoms with E-state index in [1.54, 1.807) is 0 Å². The Kier molecular flexibility index (Phi) is 9.39. The molecule has 27 heavy (non-hydrogen) atoms. The quantitative estimate of drug-likeness (QED) is 0.251. The Morgan fingerprint density at radius 3 is 1.48 bits per heavy atom. The molecular formula is C23H34N2O2. The van der Waals surface area contributed by atoms with Crippen LogP contribution in [0.15, 0.2) is 48.5 Å². The average Bonchev–Trinajstić information content (AvgIpc) is 2.67. The summed E-state index contributed by atoms with van der Waals surface area (Å²) in [6.07, 6.45) is 10.8. The van der Waals surface area contributed by atoms with Crippen molar-refractivity contribution >= 4 is 11.4 Å². The first kappa shape index (κ1) is 20.9. The second kappa shape index (κ2) is 12.1. The van der Waals surface area contributed by atoms with Crippen LogP contribution in [0.4, 0.5) is 11.4 Å². The molecule has 0 spiro atoms. The Bertz CT molecular complexity index is 578. The van der Waals surface area contributed by atoms with E-state index >= 15 is 0 Å². The second-order valence-electron chi connectivity index (χ2n) is 7.07. The van der Waals surface area contributed by atoms with E-state index in [9.17, 15) is 0 Å². The van der Waals surface area contributed by atoms with Crippen molar-refractivity contribution in [3.63, 3.8) is 0 Å². The summed E-state index contributed by atoms with van der Waals surface area (Å²) in [7, 11) is 0. The van der Waals surface area contributed by atoms with E-state index in [-0.39, 0.29) is 6.29 Å². The zero-order chi connectivity index (χ0) is 19.3. The van der Waals surface area contributed by atoms with E-state index in [2.05, 4.69) is 6.92 Å². The lowest BCUT2D eigenvalue weighted by molar-refractivity contribution is -0.00244. The Morgan fingerprint density at radius 1 is 0.630 bits per heavy atom. The van der Waals surface area contributed by atoms with Gasteiger partial charge in [0.2, 0.25) is 6.29 Å². The smallest absolute Gasteiger partial charge is 0.241 e. The molecule has 0 unspecified atom stereocenters. The standard InChI is InChI=1S/C23H34N2O2/c1-2-3-4-5-6-7-8-9-10-23(26-21-15-11-19(24)12-16-21)27-22-17-13-20(25)14-18-22/h11-18,23H,2-10,24-25H2,1H3. The van der Waals surface area contributed by atoms with Gasteiger partial charge in [0.05, 0.1) is 0 Å². The van der Waals surface area contributed by atoms with Crippen LogP contribution in [0.2, 0.25) is 0 Å². The van der Waals surface area contributed by atoms with E-state index in [4.69, 9.17) is 20.9 Å². The molecule has 0 saturated carbocycles. The first-order chi connectivity index (χ1) is 13.2. The van der Waals surface area contributed by atoms with Crippen LogP contribution in [0.3, 0.4) is 0 Å². The molecule has 0 aliphatic rings. The molecule has 148 valence electrons. The molecule has 0 aliphatic carbocycles. The van der Waals surface area contributed by atoms with Crippen molar-refractivity contribution in [2.45, 2.75) is 71.0 Å². The van der Waals surface area contributed by atoms with Gasteiger partial charge in [0.15, 0.2) is 0 Å². The molecule has 0 atom stereocenters. The molecule has 0 amide bonds. The first-order valence-corrected chi connectivity index (χ1v) is 10.2. The molecule has 0 aromatic heterocycles. The molecule has 0 radical (unpaired) electrons. The molecule has 4 heteroatoms. The van der Waals surface area contributed by atoms with Crippen LogP contribution in [0.5, 0.6) is 11.5 Å². The van der Waals surface area contributed by atoms with E-state index in [1.165, 1.54) is 44.9 Å². The maximum Gasteiger partial charge on any atom is 0.241 e. The van der Waals surface area contributed by atoms with Crippen molar-refractivity contribution in [2.75, 3.05) is 11.5 Å². The minimum atomic E-state index is -0.322. The highest BCUT2D eigenvalue weighted by Crippen LogP contribution is 2.22. The molecule has 0 fully saturated rings. The van der Waals surface area contributed by atoms with Crippen LogP contribution >= 0.6 is 0 Å². The minimum absolute atomic E-state index is 0.322. The van der Waals surface area contributed by atoms with E-state index < -0.39 is 0 Å². The molecule has 4 N–H and O–H groups in total. The normalized spacial score (nSPS) is 10.9. The zero-order valence-corrected chi connectivity index (χ0v) is 16.5. The molecule has 4 nitrogen and oxygen atoms in total. The van der Waals surface area contributed by atoms with Crippen molar-refractivity contribution < 1.29 is 9.47 Å². The molecule has 0 saturated heterocycles. The van der Waals surface area contributed by atoms with Crippen molar-refractivity contribution in [3.8, 4) is 11.5 Å². The molecule has 0 bridgehead atoms. The summed E-state index contributed by atoms with van der Waals surface area (Å²) < 4.78 is 12.1.